The lowest BCUT2D eigenvalue weighted by Gasteiger charge is -1.89. The maximum absolute atomic E-state index is 10.5. The quantitative estimate of drug-likeness (QED) is 0.573. The van der Waals surface area contributed by atoms with E-state index in [4.69, 9.17) is 0 Å². The zero-order chi connectivity index (χ0) is 6.69. The van der Waals surface area contributed by atoms with Crippen molar-refractivity contribution in [3.05, 3.63) is 16.9 Å². The second-order valence-electron chi connectivity index (χ2n) is 1.77. The normalized spacial score (nSPS) is 9.89. The van der Waals surface area contributed by atoms with Crippen molar-refractivity contribution in [1.29, 1.82) is 0 Å². The van der Waals surface area contributed by atoms with Crippen LogP contribution in [0.1, 0.15) is 13.3 Å². The fraction of sp³-hybridized carbons (Fsp3) is 0.600. The molecule has 0 aliphatic rings. The van der Waals surface area contributed by atoms with Gasteiger partial charge in [0, 0.05) is 6.54 Å². The van der Waals surface area contributed by atoms with Gasteiger partial charge in [-0.1, -0.05) is 12.1 Å². The van der Waals surface area contributed by atoms with Gasteiger partial charge < -0.3 is 0 Å². The molecular formula is C5H8N2O2. The van der Waals surface area contributed by atoms with Gasteiger partial charge in [0.2, 0.25) is 0 Å². The van der Waals surface area contributed by atoms with Crippen molar-refractivity contribution in [1.82, 2.24) is 9.72 Å². The van der Waals surface area contributed by atoms with E-state index in [0.29, 0.717) is 6.54 Å². The van der Waals surface area contributed by atoms with Crippen LogP contribution < -0.4 is 5.76 Å². The van der Waals surface area contributed by atoms with Gasteiger partial charge >= 0.3 is 5.76 Å². The van der Waals surface area contributed by atoms with Gasteiger partial charge in [-0.3, -0.25) is 9.09 Å². The largest absolute Gasteiger partial charge is 0.441 e. The van der Waals surface area contributed by atoms with Crippen molar-refractivity contribution in [2.24, 2.45) is 0 Å². The van der Waals surface area contributed by atoms with E-state index in [1.54, 1.807) is 0 Å². The number of hydrogen-bond acceptors (Lipinski definition) is 3. The third-order valence-electron chi connectivity index (χ3n) is 1.02. The Morgan fingerprint density at radius 3 is 3.11 bits per heavy atom. The second-order valence-corrected chi connectivity index (χ2v) is 1.77. The first-order valence-corrected chi connectivity index (χ1v) is 2.85. The van der Waals surface area contributed by atoms with E-state index < -0.39 is 0 Å². The number of aryl methyl sites for hydroxylation is 1. The molecule has 0 aliphatic heterocycles. The number of aromatic nitrogens is 2. The van der Waals surface area contributed by atoms with Crippen molar-refractivity contribution in [3.63, 3.8) is 0 Å². The van der Waals surface area contributed by atoms with E-state index in [1.807, 2.05) is 6.92 Å². The van der Waals surface area contributed by atoms with Crippen LogP contribution in [0.5, 0.6) is 0 Å². The van der Waals surface area contributed by atoms with Crippen molar-refractivity contribution in [2.75, 3.05) is 0 Å². The molecule has 0 radical (unpaired) electrons. The summed E-state index contributed by atoms with van der Waals surface area (Å²) in [6.45, 7) is 2.67. The summed E-state index contributed by atoms with van der Waals surface area (Å²) in [4.78, 5) is 10.5. The van der Waals surface area contributed by atoms with Crippen molar-refractivity contribution >= 4 is 0 Å². The molecule has 0 amide bonds. The molecule has 1 heterocycles. The lowest BCUT2D eigenvalue weighted by molar-refractivity contribution is 0.375. The Kier molecular flexibility index (Phi) is 1.67. The van der Waals surface area contributed by atoms with Gasteiger partial charge in [0.1, 0.15) is 6.33 Å². The van der Waals surface area contributed by atoms with Crippen LogP contribution in [0, 0.1) is 0 Å². The minimum Gasteiger partial charge on any atom is -0.296 e. The van der Waals surface area contributed by atoms with Crippen LogP contribution in [-0.2, 0) is 6.54 Å². The minimum absolute atomic E-state index is 0.378. The average Bonchev–Trinajstić information content (AvgIpc) is 2.18. The van der Waals surface area contributed by atoms with Crippen molar-refractivity contribution < 1.29 is 4.52 Å². The van der Waals surface area contributed by atoms with Crippen molar-refractivity contribution in [3.8, 4) is 0 Å². The summed E-state index contributed by atoms with van der Waals surface area (Å²) in [6.07, 6.45) is 2.31. The van der Waals surface area contributed by atoms with E-state index >= 15 is 0 Å². The molecule has 4 nitrogen and oxygen atoms in total. The molecule has 0 saturated heterocycles. The number of hydrogen-bond donors (Lipinski definition) is 0. The second kappa shape index (κ2) is 2.48. The van der Waals surface area contributed by atoms with Gasteiger partial charge in [-0.15, -0.1) is 0 Å². The van der Waals surface area contributed by atoms with Crippen LogP contribution >= 0.6 is 0 Å². The number of nitrogens with zero attached hydrogens (tertiary/aromatic N) is 2. The summed E-state index contributed by atoms with van der Waals surface area (Å²) >= 11 is 0. The Morgan fingerprint density at radius 2 is 2.67 bits per heavy atom. The molecule has 4 heteroatoms. The van der Waals surface area contributed by atoms with Crippen LogP contribution in [0.25, 0.3) is 0 Å². The zero-order valence-electron chi connectivity index (χ0n) is 5.20. The SMILES string of the molecule is CCCn1cnoc1=O. The molecule has 0 unspecified atom stereocenters. The van der Waals surface area contributed by atoms with Crippen molar-refractivity contribution in [2.45, 2.75) is 19.9 Å². The summed E-state index contributed by atoms with van der Waals surface area (Å²) in [5, 5.41) is 3.32. The Balaban J connectivity index is 2.81. The van der Waals surface area contributed by atoms with Crippen LogP contribution in [0.15, 0.2) is 15.6 Å². The maximum Gasteiger partial charge on any atom is 0.441 e. The summed E-state index contributed by atoms with van der Waals surface area (Å²) < 4.78 is 5.70. The van der Waals surface area contributed by atoms with Crippen LogP contribution in [0.3, 0.4) is 0 Å². The molecule has 0 atom stereocenters. The van der Waals surface area contributed by atoms with Crippen LogP contribution in [0.2, 0.25) is 0 Å². The molecule has 1 aromatic rings. The molecule has 0 aromatic carbocycles. The standard InChI is InChI=1S/C5H8N2O2/c1-2-3-7-4-6-9-5(7)8/h4H,2-3H2,1H3. The lowest BCUT2D eigenvalue weighted by atomic mass is 10.5. The summed E-state index contributed by atoms with van der Waals surface area (Å²) in [5.74, 6) is -0.378. The number of rotatable bonds is 2. The highest BCUT2D eigenvalue weighted by atomic mass is 16.5. The Labute approximate surface area is 52.1 Å². The third-order valence-corrected chi connectivity index (χ3v) is 1.02. The van der Waals surface area contributed by atoms with Gasteiger partial charge in [0.25, 0.3) is 0 Å². The molecule has 0 fully saturated rings. The average molecular weight is 128 g/mol. The Bertz CT molecular complexity index is 225. The first-order valence-electron chi connectivity index (χ1n) is 2.85. The van der Waals surface area contributed by atoms with Gasteiger partial charge in [0.15, 0.2) is 0 Å². The van der Waals surface area contributed by atoms with E-state index in [9.17, 15) is 4.79 Å². The van der Waals surface area contributed by atoms with Gasteiger partial charge in [-0.2, -0.15) is 0 Å². The molecular weight excluding hydrogens is 120 g/mol. The molecule has 1 rings (SSSR count). The molecule has 1 aromatic heterocycles. The highest BCUT2D eigenvalue weighted by Gasteiger charge is 1.94. The van der Waals surface area contributed by atoms with E-state index in [0.717, 1.165) is 6.42 Å². The third kappa shape index (κ3) is 1.19. The lowest BCUT2D eigenvalue weighted by Crippen LogP contribution is -2.12. The summed E-state index contributed by atoms with van der Waals surface area (Å²) in [6, 6.07) is 0. The molecule has 0 bridgehead atoms. The molecule has 50 valence electrons. The predicted octanol–water partition coefficient (Wildman–Crippen LogP) is 0.246. The van der Waals surface area contributed by atoms with E-state index in [2.05, 4.69) is 9.68 Å². The van der Waals surface area contributed by atoms with E-state index in [1.165, 1.54) is 10.9 Å². The molecule has 0 aliphatic carbocycles. The van der Waals surface area contributed by atoms with Crippen LogP contribution in [0.4, 0.5) is 0 Å². The van der Waals surface area contributed by atoms with Gasteiger partial charge in [-0.05, 0) is 6.42 Å². The predicted molar refractivity (Wildman–Crippen MR) is 31.1 cm³/mol. The van der Waals surface area contributed by atoms with Gasteiger partial charge in [0.05, 0.1) is 0 Å². The highest BCUT2D eigenvalue weighted by Crippen LogP contribution is 1.81. The van der Waals surface area contributed by atoms with Gasteiger partial charge in [-0.25, -0.2) is 4.79 Å². The fourth-order valence-corrected chi connectivity index (χ4v) is 0.615. The first-order chi connectivity index (χ1) is 4.34. The zero-order valence-corrected chi connectivity index (χ0v) is 5.20. The molecule has 0 saturated carbocycles. The van der Waals surface area contributed by atoms with Crippen LogP contribution in [-0.4, -0.2) is 9.72 Å². The highest BCUT2D eigenvalue weighted by molar-refractivity contribution is 4.56. The summed E-state index contributed by atoms with van der Waals surface area (Å²) in [7, 11) is 0. The molecule has 9 heavy (non-hydrogen) atoms. The topological polar surface area (TPSA) is 48.0 Å². The summed E-state index contributed by atoms with van der Waals surface area (Å²) in [5.41, 5.74) is 0. The molecule has 0 N–H and O–H groups in total. The Morgan fingerprint density at radius 1 is 1.89 bits per heavy atom. The molecule has 0 spiro atoms. The monoisotopic (exact) mass is 128 g/mol. The smallest absolute Gasteiger partial charge is 0.296 e. The maximum atomic E-state index is 10.5. The first kappa shape index (κ1) is 6.07. The Hall–Kier alpha value is -1.06. The van der Waals surface area contributed by atoms with E-state index in [-0.39, 0.29) is 5.76 Å². The fourth-order valence-electron chi connectivity index (χ4n) is 0.615. The minimum atomic E-state index is -0.378.